The highest BCUT2D eigenvalue weighted by atomic mass is 16.5. The fourth-order valence-electron chi connectivity index (χ4n) is 2.63. The molecule has 6 nitrogen and oxygen atoms in total. The number of aliphatic hydroxyl groups is 1. The summed E-state index contributed by atoms with van der Waals surface area (Å²) in [7, 11) is 3.04. The van der Waals surface area contributed by atoms with Crippen LogP contribution in [0.25, 0.3) is 5.76 Å². The van der Waals surface area contributed by atoms with E-state index in [0.717, 1.165) is 0 Å². The summed E-state index contributed by atoms with van der Waals surface area (Å²) in [4.78, 5) is 25.6. The molecule has 0 aliphatic carbocycles. The number of amides is 1. The maximum atomic E-state index is 12.3. The van der Waals surface area contributed by atoms with E-state index in [1.165, 1.54) is 25.3 Å². The van der Waals surface area contributed by atoms with Crippen LogP contribution in [0.5, 0.6) is 5.75 Å². The van der Waals surface area contributed by atoms with Crippen LogP contribution in [0.1, 0.15) is 17.4 Å². The number of ketones is 1. The molecule has 23 heavy (non-hydrogen) atoms. The monoisotopic (exact) mass is 313 g/mol. The number of carbonyl (C=O) groups is 2. The Bertz CT molecular complexity index is 774. The number of Topliss-reactive ketones (excluding diaryl/α,β-unsaturated/α-hetero) is 1. The third-order valence-corrected chi connectivity index (χ3v) is 3.85. The lowest BCUT2D eigenvalue weighted by Gasteiger charge is -2.18. The summed E-state index contributed by atoms with van der Waals surface area (Å²) < 4.78 is 10.4. The van der Waals surface area contributed by atoms with Crippen molar-refractivity contribution < 1.29 is 23.8 Å². The highest BCUT2D eigenvalue weighted by Crippen LogP contribution is 2.38. The van der Waals surface area contributed by atoms with Gasteiger partial charge in [-0.05, 0) is 36.4 Å². The molecule has 118 valence electrons. The molecule has 2 heterocycles. The van der Waals surface area contributed by atoms with E-state index in [1.807, 2.05) is 0 Å². The van der Waals surface area contributed by atoms with Crippen LogP contribution in [0.4, 0.5) is 0 Å². The van der Waals surface area contributed by atoms with Crippen molar-refractivity contribution in [2.45, 2.75) is 6.04 Å². The van der Waals surface area contributed by atoms with Crippen LogP contribution in [0.3, 0.4) is 0 Å². The predicted molar refractivity (Wildman–Crippen MR) is 81.8 cm³/mol. The summed E-state index contributed by atoms with van der Waals surface area (Å²) in [5, 5.41) is 10.6. The number of aliphatic hydroxyl groups excluding tert-OH is 1. The number of benzene rings is 1. The van der Waals surface area contributed by atoms with Gasteiger partial charge in [0.2, 0.25) is 0 Å². The zero-order valence-electron chi connectivity index (χ0n) is 12.6. The van der Waals surface area contributed by atoms with Crippen LogP contribution in [0, 0.1) is 0 Å². The maximum Gasteiger partial charge on any atom is 0.295 e. The number of rotatable bonds is 3. The summed E-state index contributed by atoms with van der Waals surface area (Å²) >= 11 is 0. The molecule has 0 bridgehead atoms. The number of methoxy groups -OCH3 is 1. The summed E-state index contributed by atoms with van der Waals surface area (Å²) in [5.74, 6) is -0.609. The van der Waals surface area contributed by atoms with E-state index < -0.39 is 17.7 Å². The van der Waals surface area contributed by atoms with Crippen LogP contribution in [-0.4, -0.2) is 35.9 Å². The van der Waals surface area contributed by atoms with Crippen molar-refractivity contribution in [3.05, 3.63) is 59.6 Å². The van der Waals surface area contributed by atoms with E-state index >= 15 is 0 Å². The van der Waals surface area contributed by atoms with E-state index in [9.17, 15) is 14.7 Å². The summed E-state index contributed by atoms with van der Waals surface area (Å²) in [5.41, 5.74) is 0.437. The average Bonchev–Trinajstić information content (AvgIpc) is 3.17. The van der Waals surface area contributed by atoms with E-state index in [1.54, 1.807) is 36.4 Å². The van der Waals surface area contributed by atoms with Gasteiger partial charge in [-0.1, -0.05) is 0 Å². The minimum Gasteiger partial charge on any atom is -0.507 e. The van der Waals surface area contributed by atoms with Crippen LogP contribution in [-0.2, 0) is 9.59 Å². The predicted octanol–water partition coefficient (Wildman–Crippen LogP) is 2.34. The Hall–Kier alpha value is -3.02. The average molecular weight is 313 g/mol. The summed E-state index contributed by atoms with van der Waals surface area (Å²) in [6, 6.07) is 9.16. The minimum absolute atomic E-state index is 0.0117. The molecule has 1 unspecified atom stereocenters. The van der Waals surface area contributed by atoms with Gasteiger partial charge >= 0.3 is 0 Å². The second-order valence-electron chi connectivity index (χ2n) is 5.15. The topological polar surface area (TPSA) is 80.0 Å². The lowest BCUT2D eigenvalue weighted by atomic mass is 9.99. The van der Waals surface area contributed by atoms with Crippen molar-refractivity contribution in [3.8, 4) is 5.75 Å². The lowest BCUT2D eigenvalue weighted by Crippen LogP contribution is -2.24. The Balaban J connectivity index is 2.12. The molecule has 1 amide bonds. The molecule has 1 aliphatic rings. The smallest absolute Gasteiger partial charge is 0.295 e. The Morgan fingerprint density at radius 3 is 2.48 bits per heavy atom. The highest BCUT2D eigenvalue weighted by Gasteiger charge is 2.45. The molecule has 2 aromatic rings. The van der Waals surface area contributed by atoms with Crippen molar-refractivity contribution in [3.63, 3.8) is 0 Å². The molecule has 1 aliphatic heterocycles. The van der Waals surface area contributed by atoms with Gasteiger partial charge in [-0.2, -0.15) is 0 Å². The van der Waals surface area contributed by atoms with Gasteiger partial charge in [0.05, 0.1) is 18.9 Å². The van der Waals surface area contributed by atoms with Crippen molar-refractivity contribution in [2.24, 2.45) is 0 Å². The van der Waals surface area contributed by atoms with E-state index in [4.69, 9.17) is 9.15 Å². The normalized spacial score (nSPS) is 20.1. The number of nitrogens with zero attached hydrogens (tertiary/aromatic N) is 1. The zero-order valence-corrected chi connectivity index (χ0v) is 12.6. The third kappa shape index (κ3) is 2.38. The standard InChI is InChI=1S/C17H15NO5/c1-18-14(12-4-3-9-23-12)13(16(20)17(18)21)15(19)10-5-7-11(22-2)8-6-10/h3-9,14,19H,1-2H3/b15-13+. The van der Waals surface area contributed by atoms with Gasteiger partial charge in [-0.15, -0.1) is 0 Å². The molecule has 3 rings (SSSR count). The fraction of sp³-hybridized carbons (Fsp3) is 0.176. The lowest BCUT2D eigenvalue weighted by molar-refractivity contribution is -0.139. The summed E-state index contributed by atoms with van der Waals surface area (Å²) in [6.07, 6.45) is 1.46. The van der Waals surface area contributed by atoms with Gasteiger partial charge in [0.25, 0.3) is 11.7 Å². The van der Waals surface area contributed by atoms with Crippen molar-refractivity contribution >= 4 is 17.4 Å². The largest absolute Gasteiger partial charge is 0.507 e. The number of hydrogen-bond acceptors (Lipinski definition) is 5. The van der Waals surface area contributed by atoms with Gasteiger partial charge in [0.15, 0.2) is 0 Å². The van der Waals surface area contributed by atoms with Gasteiger partial charge in [0, 0.05) is 12.6 Å². The number of likely N-dealkylation sites (tertiary alicyclic amines) is 1. The van der Waals surface area contributed by atoms with Crippen molar-refractivity contribution in [1.29, 1.82) is 0 Å². The Morgan fingerprint density at radius 2 is 1.91 bits per heavy atom. The first-order chi connectivity index (χ1) is 11.0. The van der Waals surface area contributed by atoms with Gasteiger partial charge < -0.3 is 19.2 Å². The number of furan rings is 1. The Labute approximate surface area is 132 Å². The van der Waals surface area contributed by atoms with Crippen LogP contribution in [0.15, 0.2) is 52.7 Å². The molecule has 6 heteroatoms. The maximum absolute atomic E-state index is 12.3. The first kappa shape index (κ1) is 14.9. The SMILES string of the molecule is COc1ccc(/C(O)=C2\C(=O)C(=O)N(C)C2c2ccco2)cc1. The quantitative estimate of drug-likeness (QED) is 0.534. The second kappa shape index (κ2) is 5.64. The molecule has 1 aromatic heterocycles. The molecule has 1 atom stereocenters. The second-order valence-corrected chi connectivity index (χ2v) is 5.15. The molecule has 0 saturated carbocycles. The number of likely N-dealkylation sites (N-methyl/N-ethyl adjacent to an activating group) is 1. The van der Waals surface area contributed by atoms with Gasteiger partial charge in [0.1, 0.15) is 23.3 Å². The third-order valence-electron chi connectivity index (χ3n) is 3.85. The first-order valence-electron chi connectivity index (χ1n) is 6.97. The van der Waals surface area contributed by atoms with E-state index in [0.29, 0.717) is 17.1 Å². The number of ether oxygens (including phenoxy) is 1. The summed E-state index contributed by atoms with van der Waals surface area (Å²) in [6.45, 7) is 0. The first-order valence-corrected chi connectivity index (χ1v) is 6.97. The van der Waals surface area contributed by atoms with Gasteiger partial charge in [-0.25, -0.2) is 0 Å². The molecule has 1 fully saturated rings. The molecule has 0 spiro atoms. The zero-order chi connectivity index (χ0) is 16.6. The Morgan fingerprint density at radius 1 is 1.22 bits per heavy atom. The number of carbonyl (C=O) groups excluding carboxylic acids is 2. The van der Waals surface area contributed by atoms with Gasteiger partial charge in [-0.3, -0.25) is 9.59 Å². The van der Waals surface area contributed by atoms with Crippen molar-refractivity contribution in [1.82, 2.24) is 4.90 Å². The van der Waals surface area contributed by atoms with Crippen LogP contribution < -0.4 is 4.74 Å². The molecule has 1 aromatic carbocycles. The highest BCUT2D eigenvalue weighted by molar-refractivity contribution is 6.46. The van der Waals surface area contributed by atoms with E-state index in [2.05, 4.69) is 0 Å². The van der Waals surface area contributed by atoms with Crippen LogP contribution >= 0.6 is 0 Å². The molecular formula is C17H15NO5. The number of hydrogen-bond donors (Lipinski definition) is 1. The molecule has 1 N–H and O–H groups in total. The minimum atomic E-state index is -0.743. The fourth-order valence-corrected chi connectivity index (χ4v) is 2.63. The Kier molecular flexibility index (Phi) is 3.65. The van der Waals surface area contributed by atoms with Crippen LogP contribution in [0.2, 0.25) is 0 Å². The van der Waals surface area contributed by atoms with Crippen molar-refractivity contribution in [2.75, 3.05) is 14.2 Å². The molecule has 1 saturated heterocycles. The molecule has 0 radical (unpaired) electrons. The molecular weight excluding hydrogens is 298 g/mol. The van der Waals surface area contributed by atoms with E-state index in [-0.39, 0.29) is 11.3 Å².